The molecule has 1 aliphatic heterocycles. The summed E-state index contributed by atoms with van der Waals surface area (Å²) in [5, 5.41) is 14.9. The van der Waals surface area contributed by atoms with E-state index in [1.165, 1.54) is 17.4 Å². The molecule has 2 heterocycles. The first kappa shape index (κ1) is 22.7. The number of halogens is 1. The molecule has 4 rings (SSSR count). The van der Waals surface area contributed by atoms with E-state index in [4.69, 9.17) is 4.74 Å². The lowest BCUT2D eigenvalue weighted by atomic mass is 9.98. The molecule has 0 radical (unpaired) electrons. The molecule has 172 valence electrons. The third kappa shape index (κ3) is 5.46. The van der Waals surface area contributed by atoms with E-state index in [9.17, 15) is 14.0 Å². The Balaban J connectivity index is 1.30. The first-order valence-electron chi connectivity index (χ1n) is 10.5. The number of benzene rings is 2. The SMILES string of the molecule is COc1ccc(NC(=O)c2nnc(C3CCN(C(=O)Nc4ccc(C)c(F)c4)CC3)s2)cc1. The maximum atomic E-state index is 13.7. The summed E-state index contributed by atoms with van der Waals surface area (Å²) < 4.78 is 18.8. The van der Waals surface area contributed by atoms with Gasteiger partial charge in [-0.1, -0.05) is 17.4 Å². The molecule has 1 saturated heterocycles. The van der Waals surface area contributed by atoms with Crippen molar-refractivity contribution < 1.29 is 18.7 Å². The van der Waals surface area contributed by atoms with Crippen LogP contribution in [0.2, 0.25) is 0 Å². The minimum absolute atomic E-state index is 0.130. The zero-order valence-electron chi connectivity index (χ0n) is 18.3. The maximum Gasteiger partial charge on any atom is 0.321 e. The number of likely N-dealkylation sites (tertiary alicyclic amines) is 1. The van der Waals surface area contributed by atoms with Crippen LogP contribution in [0.4, 0.5) is 20.6 Å². The highest BCUT2D eigenvalue weighted by atomic mass is 32.1. The maximum absolute atomic E-state index is 13.7. The summed E-state index contributed by atoms with van der Waals surface area (Å²) in [6.45, 7) is 2.75. The number of urea groups is 1. The second kappa shape index (κ2) is 9.95. The first-order valence-corrected chi connectivity index (χ1v) is 11.4. The predicted octanol–water partition coefficient (Wildman–Crippen LogP) is 4.66. The van der Waals surface area contributed by atoms with Gasteiger partial charge in [-0.2, -0.15) is 0 Å². The number of carbonyl (C=O) groups excluding carboxylic acids is 2. The highest BCUT2D eigenvalue weighted by Crippen LogP contribution is 2.31. The van der Waals surface area contributed by atoms with E-state index >= 15 is 0 Å². The van der Waals surface area contributed by atoms with Crippen LogP contribution < -0.4 is 15.4 Å². The van der Waals surface area contributed by atoms with E-state index in [1.807, 2.05) is 0 Å². The van der Waals surface area contributed by atoms with Crippen molar-refractivity contribution in [3.8, 4) is 5.75 Å². The number of rotatable bonds is 5. The number of methoxy groups -OCH3 is 1. The zero-order chi connectivity index (χ0) is 23.4. The van der Waals surface area contributed by atoms with Crippen LogP contribution >= 0.6 is 11.3 Å². The van der Waals surface area contributed by atoms with Gasteiger partial charge in [-0.05, 0) is 61.7 Å². The lowest BCUT2D eigenvalue weighted by molar-refractivity contribution is 0.102. The molecule has 8 nitrogen and oxygen atoms in total. The van der Waals surface area contributed by atoms with Crippen LogP contribution in [0.15, 0.2) is 42.5 Å². The number of piperidine rings is 1. The molecule has 1 fully saturated rings. The minimum Gasteiger partial charge on any atom is -0.497 e. The quantitative estimate of drug-likeness (QED) is 0.567. The third-order valence-corrected chi connectivity index (χ3v) is 6.62. The van der Waals surface area contributed by atoms with Gasteiger partial charge in [-0.15, -0.1) is 10.2 Å². The second-order valence-corrected chi connectivity index (χ2v) is 8.79. The van der Waals surface area contributed by atoms with Gasteiger partial charge in [0.15, 0.2) is 0 Å². The van der Waals surface area contributed by atoms with Crippen molar-refractivity contribution in [1.29, 1.82) is 0 Å². The number of aryl methyl sites for hydroxylation is 1. The molecule has 0 atom stereocenters. The number of nitrogens with one attached hydrogen (secondary N) is 2. The molecule has 0 unspecified atom stereocenters. The number of hydrogen-bond donors (Lipinski definition) is 2. The van der Waals surface area contributed by atoms with Crippen LogP contribution in [-0.4, -0.2) is 47.2 Å². The lowest BCUT2D eigenvalue weighted by Crippen LogP contribution is -2.40. The fraction of sp³-hybridized carbons (Fsp3) is 0.304. The molecule has 0 saturated carbocycles. The Kier molecular flexibility index (Phi) is 6.83. The smallest absolute Gasteiger partial charge is 0.321 e. The minimum atomic E-state index is -0.352. The van der Waals surface area contributed by atoms with Crippen molar-refractivity contribution in [3.63, 3.8) is 0 Å². The van der Waals surface area contributed by atoms with Gasteiger partial charge in [0.1, 0.15) is 16.6 Å². The highest BCUT2D eigenvalue weighted by Gasteiger charge is 2.27. The number of aromatic nitrogens is 2. The number of nitrogens with zero attached hydrogens (tertiary/aromatic N) is 3. The molecule has 1 aromatic heterocycles. The molecule has 0 aliphatic carbocycles. The Morgan fingerprint density at radius 2 is 1.76 bits per heavy atom. The summed E-state index contributed by atoms with van der Waals surface area (Å²) >= 11 is 1.27. The first-order chi connectivity index (χ1) is 15.9. The van der Waals surface area contributed by atoms with E-state index < -0.39 is 0 Å². The van der Waals surface area contributed by atoms with Gasteiger partial charge in [-0.25, -0.2) is 9.18 Å². The molecule has 33 heavy (non-hydrogen) atoms. The molecule has 3 amide bonds. The lowest BCUT2D eigenvalue weighted by Gasteiger charge is -2.31. The number of carbonyl (C=O) groups is 2. The van der Waals surface area contributed by atoms with E-state index in [2.05, 4.69) is 20.8 Å². The number of hydrogen-bond acceptors (Lipinski definition) is 6. The normalized spacial score (nSPS) is 14.1. The summed E-state index contributed by atoms with van der Waals surface area (Å²) in [5.41, 5.74) is 1.61. The number of anilines is 2. The van der Waals surface area contributed by atoms with E-state index in [-0.39, 0.29) is 23.7 Å². The summed E-state index contributed by atoms with van der Waals surface area (Å²) in [6.07, 6.45) is 1.43. The third-order valence-electron chi connectivity index (χ3n) is 5.54. The molecule has 2 N–H and O–H groups in total. The van der Waals surface area contributed by atoms with Crippen LogP contribution in [0.3, 0.4) is 0 Å². The highest BCUT2D eigenvalue weighted by molar-refractivity contribution is 7.13. The molecule has 0 bridgehead atoms. The molecule has 0 spiro atoms. The van der Waals surface area contributed by atoms with Gasteiger partial charge < -0.3 is 20.3 Å². The fourth-order valence-electron chi connectivity index (χ4n) is 3.55. The summed E-state index contributed by atoms with van der Waals surface area (Å²) in [7, 11) is 1.58. The molecule has 2 aromatic carbocycles. The molecular weight excluding hydrogens is 445 g/mol. The monoisotopic (exact) mass is 469 g/mol. The Labute approximate surface area is 194 Å². The average Bonchev–Trinajstić information content (AvgIpc) is 3.33. The number of amides is 3. The average molecular weight is 470 g/mol. The molecular formula is C23H24FN5O3S. The van der Waals surface area contributed by atoms with Gasteiger partial charge in [0.25, 0.3) is 5.91 Å². The van der Waals surface area contributed by atoms with E-state index in [1.54, 1.807) is 55.3 Å². The van der Waals surface area contributed by atoms with Crippen LogP contribution in [0.25, 0.3) is 0 Å². The Hall–Kier alpha value is -3.53. The second-order valence-electron chi connectivity index (χ2n) is 7.78. The van der Waals surface area contributed by atoms with Gasteiger partial charge in [0.2, 0.25) is 5.01 Å². The Morgan fingerprint density at radius 1 is 1.06 bits per heavy atom. The summed E-state index contributed by atoms with van der Waals surface area (Å²) in [4.78, 5) is 26.7. The van der Waals surface area contributed by atoms with E-state index in [0.717, 1.165) is 5.01 Å². The van der Waals surface area contributed by atoms with Crippen LogP contribution in [0, 0.1) is 12.7 Å². The van der Waals surface area contributed by atoms with Crippen molar-refractivity contribution in [1.82, 2.24) is 15.1 Å². The van der Waals surface area contributed by atoms with Crippen molar-refractivity contribution in [2.45, 2.75) is 25.7 Å². The van der Waals surface area contributed by atoms with Gasteiger partial charge in [-0.3, -0.25) is 4.79 Å². The van der Waals surface area contributed by atoms with Crippen LogP contribution in [0.1, 0.15) is 39.1 Å². The Bertz CT molecular complexity index is 1140. The van der Waals surface area contributed by atoms with Crippen molar-refractivity contribution in [2.75, 3.05) is 30.8 Å². The molecule has 1 aliphatic rings. The standard InChI is InChI=1S/C23H24FN5O3S/c1-14-3-4-17(13-19(14)24)26-23(31)29-11-9-15(10-12-29)21-27-28-22(33-21)20(30)25-16-5-7-18(32-2)8-6-16/h3-8,13,15H,9-12H2,1-2H3,(H,25,30)(H,26,31). The van der Waals surface area contributed by atoms with Crippen LogP contribution in [0.5, 0.6) is 5.75 Å². The molecule has 3 aromatic rings. The van der Waals surface area contributed by atoms with Crippen molar-refractivity contribution in [2.24, 2.45) is 0 Å². The molecule has 10 heteroatoms. The van der Waals surface area contributed by atoms with Gasteiger partial charge in [0, 0.05) is 30.4 Å². The number of ether oxygens (including phenoxy) is 1. The fourth-order valence-corrected chi connectivity index (χ4v) is 4.46. The topological polar surface area (TPSA) is 96.4 Å². The van der Waals surface area contributed by atoms with E-state index in [0.29, 0.717) is 53.6 Å². The zero-order valence-corrected chi connectivity index (χ0v) is 19.1. The van der Waals surface area contributed by atoms with Gasteiger partial charge >= 0.3 is 6.03 Å². The van der Waals surface area contributed by atoms with Crippen molar-refractivity contribution in [3.05, 3.63) is 63.9 Å². The van der Waals surface area contributed by atoms with Crippen LogP contribution in [-0.2, 0) is 0 Å². The predicted molar refractivity (Wildman–Crippen MR) is 125 cm³/mol. The Morgan fingerprint density at radius 3 is 2.42 bits per heavy atom. The van der Waals surface area contributed by atoms with Crippen molar-refractivity contribution >= 4 is 34.6 Å². The van der Waals surface area contributed by atoms with Gasteiger partial charge in [0.05, 0.1) is 7.11 Å². The summed E-state index contributed by atoms with van der Waals surface area (Å²) in [6, 6.07) is 11.4. The summed E-state index contributed by atoms with van der Waals surface area (Å²) in [5.74, 6) is 0.170. The largest absolute Gasteiger partial charge is 0.497 e.